The zero-order valence-electron chi connectivity index (χ0n) is 16.8. The van der Waals surface area contributed by atoms with Crippen molar-refractivity contribution in [3.05, 3.63) is 23.8 Å². The van der Waals surface area contributed by atoms with Gasteiger partial charge in [0.2, 0.25) is 5.91 Å². The molecule has 27 heavy (non-hydrogen) atoms. The van der Waals surface area contributed by atoms with Crippen LogP contribution >= 0.6 is 0 Å². The standard InChI is InChI=1S/C22H34N2O3/c1-26-20-8-9-21(27-2)18(15-20)7-10-22(25)23-19-11-13-24(14-12-19)16-17-5-3-4-6-17/h8-9,15,17,19H,3-7,10-14,16H2,1-2H3,(H,23,25). The van der Waals surface area contributed by atoms with Crippen LogP contribution in [0.1, 0.15) is 50.5 Å². The molecule has 0 spiro atoms. The molecule has 1 amide bonds. The molecule has 1 N–H and O–H groups in total. The van der Waals surface area contributed by atoms with Crippen molar-refractivity contribution in [3.63, 3.8) is 0 Å². The van der Waals surface area contributed by atoms with Gasteiger partial charge in [-0.3, -0.25) is 4.79 Å². The average molecular weight is 375 g/mol. The fraction of sp³-hybridized carbons (Fsp3) is 0.682. The maximum absolute atomic E-state index is 12.4. The van der Waals surface area contributed by atoms with Gasteiger partial charge in [0.15, 0.2) is 0 Å². The van der Waals surface area contributed by atoms with Gasteiger partial charge in [-0.25, -0.2) is 0 Å². The Morgan fingerprint density at radius 3 is 2.52 bits per heavy atom. The molecule has 0 bridgehead atoms. The lowest BCUT2D eigenvalue weighted by molar-refractivity contribution is -0.122. The smallest absolute Gasteiger partial charge is 0.220 e. The Labute approximate surface area is 163 Å². The number of carbonyl (C=O) groups is 1. The van der Waals surface area contributed by atoms with Crippen molar-refractivity contribution in [2.75, 3.05) is 33.9 Å². The number of hydrogen-bond donors (Lipinski definition) is 1. The second kappa shape index (κ2) is 9.98. The quantitative estimate of drug-likeness (QED) is 0.758. The average Bonchev–Trinajstić information content (AvgIpc) is 3.20. The number of piperidine rings is 1. The second-order valence-electron chi connectivity index (χ2n) is 7.97. The van der Waals surface area contributed by atoms with E-state index in [9.17, 15) is 4.79 Å². The van der Waals surface area contributed by atoms with Crippen LogP contribution < -0.4 is 14.8 Å². The molecule has 1 aromatic carbocycles. The van der Waals surface area contributed by atoms with E-state index in [1.807, 2.05) is 18.2 Å². The van der Waals surface area contributed by atoms with Crippen molar-refractivity contribution in [2.24, 2.45) is 5.92 Å². The lowest BCUT2D eigenvalue weighted by atomic mass is 10.0. The summed E-state index contributed by atoms with van der Waals surface area (Å²) in [5.74, 6) is 2.65. The molecule has 0 aromatic heterocycles. The molecule has 1 aromatic rings. The molecule has 1 saturated carbocycles. The first-order valence-corrected chi connectivity index (χ1v) is 10.4. The first-order valence-electron chi connectivity index (χ1n) is 10.4. The molecule has 2 aliphatic rings. The van der Waals surface area contributed by atoms with Gasteiger partial charge < -0.3 is 19.7 Å². The fourth-order valence-corrected chi connectivity index (χ4v) is 4.44. The zero-order chi connectivity index (χ0) is 19.1. The predicted octanol–water partition coefficient (Wildman–Crippen LogP) is 3.41. The second-order valence-corrected chi connectivity index (χ2v) is 7.97. The number of benzene rings is 1. The molecule has 0 atom stereocenters. The molecule has 150 valence electrons. The van der Waals surface area contributed by atoms with Crippen LogP contribution in [0.5, 0.6) is 11.5 Å². The minimum absolute atomic E-state index is 0.133. The number of aryl methyl sites for hydroxylation is 1. The van der Waals surface area contributed by atoms with Crippen molar-refractivity contribution in [1.29, 1.82) is 0 Å². The van der Waals surface area contributed by atoms with Gasteiger partial charge in [-0.05, 0) is 61.8 Å². The molecule has 5 heteroatoms. The van der Waals surface area contributed by atoms with Gasteiger partial charge in [0, 0.05) is 32.1 Å². The van der Waals surface area contributed by atoms with Crippen LogP contribution in [0, 0.1) is 5.92 Å². The summed E-state index contributed by atoms with van der Waals surface area (Å²) in [7, 11) is 3.31. The Hall–Kier alpha value is -1.75. The van der Waals surface area contributed by atoms with E-state index in [0.29, 0.717) is 18.9 Å². The fourth-order valence-electron chi connectivity index (χ4n) is 4.44. The van der Waals surface area contributed by atoms with Gasteiger partial charge in [0.05, 0.1) is 14.2 Å². The number of ether oxygens (including phenoxy) is 2. The first kappa shape index (κ1) is 20.0. The first-order chi connectivity index (χ1) is 13.2. The van der Waals surface area contributed by atoms with E-state index < -0.39 is 0 Å². The maximum Gasteiger partial charge on any atom is 0.220 e. The number of likely N-dealkylation sites (tertiary alicyclic amines) is 1. The van der Waals surface area contributed by atoms with Gasteiger partial charge in [-0.15, -0.1) is 0 Å². The summed E-state index contributed by atoms with van der Waals surface area (Å²) in [5.41, 5.74) is 1.01. The van der Waals surface area contributed by atoms with Crippen LogP contribution in [0.3, 0.4) is 0 Å². The van der Waals surface area contributed by atoms with E-state index in [0.717, 1.165) is 48.9 Å². The van der Waals surface area contributed by atoms with Crippen molar-refractivity contribution in [3.8, 4) is 11.5 Å². The van der Waals surface area contributed by atoms with Crippen LogP contribution in [0.25, 0.3) is 0 Å². The number of nitrogens with one attached hydrogen (secondary N) is 1. The number of methoxy groups -OCH3 is 2. The van der Waals surface area contributed by atoms with Crippen LogP contribution in [0.15, 0.2) is 18.2 Å². The Kier molecular flexibility index (Phi) is 7.39. The molecule has 3 rings (SSSR count). The highest BCUT2D eigenvalue weighted by atomic mass is 16.5. The lowest BCUT2D eigenvalue weighted by Crippen LogP contribution is -2.45. The molecular formula is C22H34N2O3. The number of amides is 1. The molecule has 1 heterocycles. The van der Waals surface area contributed by atoms with Gasteiger partial charge in [-0.1, -0.05) is 12.8 Å². The Morgan fingerprint density at radius 2 is 1.85 bits per heavy atom. The number of hydrogen-bond acceptors (Lipinski definition) is 4. The number of carbonyl (C=O) groups excluding carboxylic acids is 1. The third kappa shape index (κ3) is 5.86. The molecule has 1 aliphatic carbocycles. The van der Waals surface area contributed by atoms with Gasteiger partial charge in [0.1, 0.15) is 11.5 Å². The molecule has 0 unspecified atom stereocenters. The Bertz CT molecular complexity index is 606. The van der Waals surface area contributed by atoms with Crippen LogP contribution in [0.4, 0.5) is 0 Å². The monoisotopic (exact) mass is 374 g/mol. The van der Waals surface area contributed by atoms with Gasteiger partial charge >= 0.3 is 0 Å². The van der Waals surface area contributed by atoms with E-state index in [1.165, 1.54) is 32.2 Å². The van der Waals surface area contributed by atoms with Crippen molar-refractivity contribution >= 4 is 5.91 Å². The topological polar surface area (TPSA) is 50.8 Å². The molecular weight excluding hydrogens is 340 g/mol. The van der Waals surface area contributed by atoms with E-state index in [2.05, 4.69) is 10.2 Å². The highest BCUT2D eigenvalue weighted by Gasteiger charge is 2.24. The summed E-state index contributed by atoms with van der Waals surface area (Å²) in [6.07, 6.45) is 8.92. The third-order valence-corrected chi connectivity index (χ3v) is 6.05. The van der Waals surface area contributed by atoms with Crippen molar-refractivity contribution in [1.82, 2.24) is 10.2 Å². The van der Waals surface area contributed by atoms with Gasteiger partial charge in [-0.2, -0.15) is 0 Å². The minimum Gasteiger partial charge on any atom is -0.497 e. The summed E-state index contributed by atoms with van der Waals surface area (Å²) in [6.45, 7) is 3.49. The van der Waals surface area contributed by atoms with E-state index >= 15 is 0 Å². The lowest BCUT2D eigenvalue weighted by Gasteiger charge is -2.33. The summed E-state index contributed by atoms with van der Waals surface area (Å²) in [4.78, 5) is 15.0. The van der Waals surface area contributed by atoms with Crippen LogP contribution in [-0.4, -0.2) is 50.7 Å². The van der Waals surface area contributed by atoms with E-state index in [-0.39, 0.29) is 5.91 Å². The summed E-state index contributed by atoms with van der Waals surface area (Å²) < 4.78 is 10.7. The highest BCUT2D eigenvalue weighted by Crippen LogP contribution is 2.27. The number of rotatable bonds is 8. The SMILES string of the molecule is COc1ccc(OC)c(CCC(=O)NC2CCN(CC3CCCC3)CC2)c1. The van der Waals surface area contributed by atoms with Crippen LogP contribution in [-0.2, 0) is 11.2 Å². The Balaban J connectivity index is 1.40. The van der Waals surface area contributed by atoms with E-state index in [4.69, 9.17) is 9.47 Å². The molecule has 1 aliphatic heterocycles. The Morgan fingerprint density at radius 1 is 1.11 bits per heavy atom. The largest absolute Gasteiger partial charge is 0.497 e. The normalized spacial score (nSPS) is 19.2. The van der Waals surface area contributed by atoms with Crippen LogP contribution in [0.2, 0.25) is 0 Å². The molecule has 2 fully saturated rings. The molecule has 5 nitrogen and oxygen atoms in total. The summed E-state index contributed by atoms with van der Waals surface area (Å²) >= 11 is 0. The maximum atomic E-state index is 12.4. The third-order valence-electron chi connectivity index (χ3n) is 6.05. The molecule has 0 radical (unpaired) electrons. The summed E-state index contributed by atoms with van der Waals surface area (Å²) in [5, 5.41) is 3.23. The molecule has 1 saturated heterocycles. The minimum atomic E-state index is 0.133. The van der Waals surface area contributed by atoms with Gasteiger partial charge in [0.25, 0.3) is 0 Å². The number of nitrogens with zero attached hydrogens (tertiary/aromatic N) is 1. The van der Waals surface area contributed by atoms with Crippen molar-refractivity contribution < 1.29 is 14.3 Å². The van der Waals surface area contributed by atoms with E-state index in [1.54, 1.807) is 14.2 Å². The zero-order valence-corrected chi connectivity index (χ0v) is 16.8. The van der Waals surface area contributed by atoms with Crippen molar-refractivity contribution in [2.45, 2.75) is 57.4 Å². The predicted molar refractivity (Wildman–Crippen MR) is 107 cm³/mol. The summed E-state index contributed by atoms with van der Waals surface area (Å²) in [6, 6.07) is 6.05. The highest BCUT2D eigenvalue weighted by molar-refractivity contribution is 5.76.